The second-order valence-corrected chi connectivity index (χ2v) is 10.5. The van der Waals surface area contributed by atoms with Crippen LogP contribution in [-0.4, -0.2) is 11.1 Å². The predicted molar refractivity (Wildman–Crippen MR) is 164 cm³/mol. The van der Waals surface area contributed by atoms with Gasteiger partial charge in [-0.1, -0.05) is 121 Å². The Hall–Kier alpha value is -5.02. The van der Waals surface area contributed by atoms with Gasteiger partial charge in [-0.2, -0.15) is 0 Å². The highest BCUT2D eigenvalue weighted by Gasteiger charge is 2.35. The van der Waals surface area contributed by atoms with Crippen molar-refractivity contribution in [3.63, 3.8) is 0 Å². The molecule has 3 heteroatoms. The van der Waals surface area contributed by atoms with Gasteiger partial charge in [0, 0.05) is 16.2 Å². The standard InChI is InChI=1S/C36H22BNO/c1-2-11-23(12-3-1)24-13-4-6-17-28(24)37-29-18-7-9-20-33(29)39-36-30(37)21-22-32-34(36)27-16-10-15-26-25-14-5-8-19-31(25)38(32)35(26)27/h1-22H. The van der Waals surface area contributed by atoms with Crippen molar-refractivity contribution in [2.24, 2.45) is 0 Å². The third-order valence-electron chi connectivity index (χ3n) is 8.48. The maximum Gasteiger partial charge on any atom is 0.251 e. The molecule has 1 aliphatic heterocycles. The van der Waals surface area contributed by atoms with Gasteiger partial charge in [0.05, 0.1) is 21.9 Å². The van der Waals surface area contributed by atoms with Gasteiger partial charge in [0.2, 0.25) is 0 Å². The fraction of sp³-hybridized carbons (Fsp3) is 0. The lowest BCUT2D eigenvalue weighted by molar-refractivity contribution is 0.493. The summed E-state index contributed by atoms with van der Waals surface area (Å²) in [4.78, 5) is 0. The lowest BCUT2D eigenvalue weighted by atomic mass is 9.35. The zero-order valence-corrected chi connectivity index (χ0v) is 21.1. The Bertz CT molecular complexity index is 2210. The molecule has 0 N–H and O–H groups in total. The summed E-state index contributed by atoms with van der Waals surface area (Å²) < 4.78 is 9.27. The van der Waals surface area contributed by atoms with Crippen LogP contribution in [0.2, 0.25) is 0 Å². The van der Waals surface area contributed by atoms with E-state index in [0.717, 1.165) is 11.5 Å². The molecule has 180 valence electrons. The minimum atomic E-state index is 0.0579. The highest BCUT2D eigenvalue weighted by atomic mass is 16.5. The molecule has 0 bridgehead atoms. The number of benzene rings is 6. The second-order valence-electron chi connectivity index (χ2n) is 10.5. The van der Waals surface area contributed by atoms with E-state index in [1.165, 1.54) is 65.6 Å². The molecule has 8 aromatic rings. The SMILES string of the molecule is c1ccc(-c2ccccc2B2c3ccccc3Oc3c2ccc2c3c3cccc4c5ccccc5n2c43)cc1. The molecule has 0 fully saturated rings. The van der Waals surface area contributed by atoms with Gasteiger partial charge in [-0.25, -0.2) is 0 Å². The first kappa shape index (κ1) is 21.0. The van der Waals surface area contributed by atoms with Crippen molar-refractivity contribution >= 4 is 61.2 Å². The number of nitrogens with zero attached hydrogens (tertiary/aromatic N) is 1. The third-order valence-corrected chi connectivity index (χ3v) is 8.48. The van der Waals surface area contributed by atoms with Gasteiger partial charge in [-0.05, 0) is 40.3 Å². The summed E-state index contributed by atoms with van der Waals surface area (Å²) in [5.74, 6) is 1.90. The van der Waals surface area contributed by atoms with E-state index in [9.17, 15) is 0 Å². The van der Waals surface area contributed by atoms with Crippen LogP contribution in [-0.2, 0) is 0 Å². The van der Waals surface area contributed by atoms with E-state index in [1.54, 1.807) is 0 Å². The van der Waals surface area contributed by atoms with Gasteiger partial charge in [0.1, 0.15) is 11.5 Å². The first-order chi connectivity index (χ1) is 19.4. The van der Waals surface area contributed by atoms with Gasteiger partial charge in [0.25, 0.3) is 6.71 Å². The number of rotatable bonds is 2. The van der Waals surface area contributed by atoms with Gasteiger partial charge in [-0.15, -0.1) is 0 Å². The molecular weight excluding hydrogens is 473 g/mol. The third kappa shape index (κ3) is 2.77. The van der Waals surface area contributed by atoms with Crippen molar-refractivity contribution in [3.05, 3.63) is 133 Å². The van der Waals surface area contributed by atoms with Gasteiger partial charge >= 0.3 is 0 Å². The number of hydrogen-bond acceptors (Lipinski definition) is 1. The lowest BCUT2D eigenvalue weighted by Crippen LogP contribution is -2.55. The molecule has 0 saturated heterocycles. The van der Waals surface area contributed by atoms with Crippen LogP contribution in [0, 0.1) is 0 Å². The Morgan fingerprint density at radius 3 is 2.13 bits per heavy atom. The van der Waals surface area contributed by atoms with Gasteiger partial charge < -0.3 is 9.14 Å². The van der Waals surface area contributed by atoms with Crippen LogP contribution in [0.1, 0.15) is 0 Å². The Kier molecular flexibility index (Phi) is 4.17. The van der Waals surface area contributed by atoms with Crippen molar-refractivity contribution in [1.82, 2.24) is 4.40 Å². The molecule has 3 heterocycles. The molecular formula is C36H22BNO. The second kappa shape index (κ2) is 7.75. The van der Waals surface area contributed by atoms with Gasteiger partial charge in [0.15, 0.2) is 0 Å². The maximum atomic E-state index is 6.85. The average molecular weight is 495 g/mol. The summed E-state index contributed by atoms with van der Waals surface area (Å²) in [6, 6.07) is 48.0. The summed E-state index contributed by atoms with van der Waals surface area (Å²) in [6.45, 7) is 0.0579. The summed E-state index contributed by atoms with van der Waals surface area (Å²) in [6.07, 6.45) is 0. The number of para-hydroxylation sites is 3. The van der Waals surface area contributed by atoms with E-state index in [2.05, 4.69) is 138 Å². The van der Waals surface area contributed by atoms with E-state index in [1.807, 2.05) is 0 Å². The van der Waals surface area contributed by atoms with Crippen molar-refractivity contribution in [3.8, 4) is 22.6 Å². The summed E-state index contributed by atoms with van der Waals surface area (Å²) >= 11 is 0. The van der Waals surface area contributed by atoms with E-state index in [0.29, 0.717) is 0 Å². The minimum Gasteiger partial charge on any atom is -0.458 e. The van der Waals surface area contributed by atoms with Crippen molar-refractivity contribution < 1.29 is 4.74 Å². The smallest absolute Gasteiger partial charge is 0.251 e. The highest BCUT2D eigenvalue weighted by Crippen LogP contribution is 2.43. The fourth-order valence-corrected chi connectivity index (χ4v) is 6.90. The summed E-state index contributed by atoms with van der Waals surface area (Å²) in [5.41, 5.74) is 9.89. The van der Waals surface area contributed by atoms with Crippen LogP contribution in [0.15, 0.2) is 133 Å². The number of fused-ring (bicyclic) bond motifs is 9. The monoisotopic (exact) mass is 495 g/mol. The topological polar surface area (TPSA) is 13.6 Å². The average Bonchev–Trinajstić information content (AvgIpc) is 3.53. The van der Waals surface area contributed by atoms with Crippen LogP contribution in [0.3, 0.4) is 0 Å². The van der Waals surface area contributed by atoms with E-state index in [4.69, 9.17) is 4.74 Å². The van der Waals surface area contributed by atoms with Crippen LogP contribution < -0.4 is 21.1 Å². The molecule has 0 atom stereocenters. The van der Waals surface area contributed by atoms with E-state index >= 15 is 0 Å². The number of aromatic nitrogens is 1. The molecule has 9 rings (SSSR count). The van der Waals surface area contributed by atoms with Crippen LogP contribution in [0.25, 0.3) is 49.2 Å². The van der Waals surface area contributed by atoms with Crippen LogP contribution >= 0.6 is 0 Å². The quantitative estimate of drug-likeness (QED) is 0.233. The normalized spacial score (nSPS) is 12.8. The molecule has 0 unspecified atom stereocenters. The molecule has 0 saturated carbocycles. The van der Waals surface area contributed by atoms with Crippen molar-refractivity contribution in [1.29, 1.82) is 0 Å². The molecule has 2 aromatic heterocycles. The number of hydrogen-bond donors (Lipinski definition) is 0. The Balaban J connectivity index is 1.40. The molecule has 0 spiro atoms. The zero-order valence-electron chi connectivity index (χ0n) is 21.1. The molecule has 0 radical (unpaired) electrons. The Morgan fingerprint density at radius 2 is 1.21 bits per heavy atom. The van der Waals surface area contributed by atoms with Crippen molar-refractivity contribution in [2.75, 3.05) is 0 Å². The van der Waals surface area contributed by atoms with E-state index < -0.39 is 0 Å². The molecule has 39 heavy (non-hydrogen) atoms. The molecule has 2 nitrogen and oxygen atoms in total. The Morgan fingerprint density at radius 1 is 0.487 bits per heavy atom. The van der Waals surface area contributed by atoms with Crippen molar-refractivity contribution in [2.45, 2.75) is 0 Å². The first-order valence-electron chi connectivity index (χ1n) is 13.5. The molecule has 0 amide bonds. The fourth-order valence-electron chi connectivity index (χ4n) is 6.90. The lowest BCUT2D eigenvalue weighted by Gasteiger charge is -2.28. The summed E-state index contributed by atoms with van der Waals surface area (Å²) in [7, 11) is 0. The largest absolute Gasteiger partial charge is 0.458 e. The first-order valence-corrected chi connectivity index (χ1v) is 13.5. The molecule has 0 aliphatic carbocycles. The minimum absolute atomic E-state index is 0.0579. The summed E-state index contributed by atoms with van der Waals surface area (Å²) in [5, 5.41) is 5.01. The molecule has 6 aromatic carbocycles. The van der Waals surface area contributed by atoms with Crippen LogP contribution in [0.4, 0.5) is 0 Å². The Labute approximate surface area is 226 Å². The molecule has 1 aliphatic rings. The van der Waals surface area contributed by atoms with Crippen LogP contribution in [0.5, 0.6) is 11.5 Å². The van der Waals surface area contributed by atoms with Gasteiger partial charge in [-0.3, -0.25) is 0 Å². The highest BCUT2D eigenvalue weighted by molar-refractivity contribution is 6.97. The maximum absolute atomic E-state index is 6.85. The number of ether oxygens (including phenoxy) is 1. The predicted octanol–water partition coefficient (Wildman–Crippen LogP) is 7.13. The zero-order chi connectivity index (χ0) is 25.5. The van der Waals surface area contributed by atoms with E-state index in [-0.39, 0.29) is 6.71 Å².